The van der Waals surface area contributed by atoms with Crippen LogP contribution >= 0.6 is 12.9 Å². The quantitative estimate of drug-likeness (QED) is 0.755. The van der Waals surface area contributed by atoms with Gasteiger partial charge in [-0.05, 0) is 16.8 Å². The zero-order valence-corrected chi connectivity index (χ0v) is 11.0. The van der Waals surface area contributed by atoms with Gasteiger partial charge in [-0.15, -0.1) is 3.69 Å². The molecule has 0 aromatic heterocycles. The molecule has 0 aliphatic rings. The Balaban J connectivity index is 2.77. The van der Waals surface area contributed by atoms with Gasteiger partial charge >= 0.3 is 18.2 Å². The van der Waals surface area contributed by atoms with Crippen LogP contribution in [0.2, 0.25) is 0 Å². The Labute approximate surface area is 99.0 Å². The van der Waals surface area contributed by atoms with Crippen molar-refractivity contribution in [2.75, 3.05) is 7.11 Å². The highest BCUT2D eigenvalue weighted by atomic mass is 79.9. The smallest absolute Gasteiger partial charge is 0.499 e. The zero-order valence-electron chi connectivity index (χ0n) is 7.96. The van der Waals surface area contributed by atoms with E-state index in [2.05, 4.69) is 43.2 Å². The SMILES string of the molecule is COc1ccc2ccccc2[c]1[Mg][Br]. The fourth-order valence-electron chi connectivity index (χ4n) is 1.65. The number of hydrogen-bond acceptors (Lipinski definition) is 1. The van der Waals surface area contributed by atoms with Crippen molar-refractivity contribution in [2.45, 2.75) is 0 Å². The number of benzene rings is 2. The molecule has 68 valence electrons. The number of halogens is 1. The lowest BCUT2D eigenvalue weighted by Gasteiger charge is -2.09. The van der Waals surface area contributed by atoms with Crippen molar-refractivity contribution in [1.82, 2.24) is 0 Å². The Morgan fingerprint density at radius 1 is 1.14 bits per heavy atom. The summed E-state index contributed by atoms with van der Waals surface area (Å²) in [5, 5.41) is 2.60. The molecule has 0 bridgehead atoms. The molecule has 3 heteroatoms. The average Bonchev–Trinajstić information content (AvgIpc) is 2.27. The summed E-state index contributed by atoms with van der Waals surface area (Å²) < 4.78 is 6.70. The predicted octanol–water partition coefficient (Wildman–Crippen LogP) is 2.49. The second-order valence-electron chi connectivity index (χ2n) is 3.10. The van der Waals surface area contributed by atoms with Crippen LogP contribution in [0, 0.1) is 0 Å². The predicted molar refractivity (Wildman–Crippen MR) is 64.8 cm³/mol. The van der Waals surface area contributed by atoms with E-state index in [1.807, 2.05) is 6.07 Å². The van der Waals surface area contributed by atoms with E-state index in [1.165, 1.54) is 14.5 Å². The minimum atomic E-state index is -0.383. The van der Waals surface area contributed by atoms with E-state index in [4.69, 9.17) is 4.74 Å². The highest BCUT2D eigenvalue weighted by Crippen LogP contribution is 2.18. The molecule has 14 heavy (non-hydrogen) atoms. The first-order valence-corrected chi connectivity index (χ1v) is 9.08. The number of fused-ring (bicyclic) bond motifs is 1. The van der Waals surface area contributed by atoms with Crippen LogP contribution in [0.4, 0.5) is 0 Å². The van der Waals surface area contributed by atoms with Crippen molar-refractivity contribution in [3.8, 4) is 5.75 Å². The molecule has 2 rings (SSSR count). The summed E-state index contributed by atoms with van der Waals surface area (Å²) in [5.74, 6) is 1.01. The molecule has 0 aliphatic heterocycles. The van der Waals surface area contributed by atoms with Crippen LogP contribution in [0.1, 0.15) is 0 Å². The molecule has 0 N–H and O–H groups in total. The van der Waals surface area contributed by atoms with E-state index in [-0.39, 0.29) is 18.2 Å². The van der Waals surface area contributed by atoms with Crippen LogP contribution in [0.5, 0.6) is 5.75 Å². The average molecular weight is 261 g/mol. The van der Waals surface area contributed by atoms with Crippen LogP contribution in [0.3, 0.4) is 0 Å². The largest absolute Gasteiger partial charge is 0.513 e. The zero-order chi connectivity index (χ0) is 9.97. The molecular formula is C11H9BrMgO. The van der Waals surface area contributed by atoms with E-state index in [1.54, 1.807) is 7.11 Å². The molecule has 0 amide bonds. The van der Waals surface area contributed by atoms with Crippen LogP contribution < -0.4 is 8.43 Å². The van der Waals surface area contributed by atoms with Gasteiger partial charge in [0.05, 0.1) is 12.9 Å². The molecule has 0 saturated heterocycles. The molecule has 0 spiro atoms. The van der Waals surface area contributed by atoms with E-state index >= 15 is 0 Å². The third-order valence-corrected chi connectivity index (χ3v) is 5.03. The van der Waals surface area contributed by atoms with E-state index < -0.39 is 0 Å². The van der Waals surface area contributed by atoms with Gasteiger partial charge < -0.3 is 4.74 Å². The molecule has 0 unspecified atom stereocenters. The Morgan fingerprint density at radius 2 is 1.93 bits per heavy atom. The van der Waals surface area contributed by atoms with Crippen molar-refractivity contribution < 1.29 is 4.74 Å². The summed E-state index contributed by atoms with van der Waals surface area (Å²) in [4.78, 5) is 0. The normalized spacial score (nSPS) is 9.86. The summed E-state index contributed by atoms with van der Waals surface area (Å²) in [7, 11) is 1.73. The maximum absolute atomic E-state index is 5.35. The monoisotopic (exact) mass is 260 g/mol. The lowest BCUT2D eigenvalue weighted by Crippen LogP contribution is -2.13. The molecule has 0 saturated carbocycles. The van der Waals surface area contributed by atoms with Gasteiger partial charge in [0.15, 0.2) is 0 Å². The summed E-state index contributed by atoms with van der Waals surface area (Å²) in [6.07, 6.45) is 0. The second-order valence-corrected chi connectivity index (χ2v) is 5.76. The van der Waals surface area contributed by atoms with Crippen LogP contribution in [-0.2, 0) is 0 Å². The maximum atomic E-state index is 5.35. The van der Waals surface area contributed by atoms with Crippen molar-refractivity contribution in [2.24, 2.45) is 0 Å². The number of rotatable bonds is 2. The Morgan fingerprint density at radius 3 is 2.64 bits per heavy atom. The van der Waals surface area contributed by atoms with Crippen molar-refractivity contribution in [3.63, 3.8) is 0 Å². The number of methoxy groups -OCH3 is 1. The van der Waals surface area contributed by atoms with Crippen LogP contribution in [0.15, 0.2) is 36.4 Å². The fraction of sp³-hybridized carbons (Fsp3) is 0.0909. The highest BCUT2D eigenvalue weighted by Gasteiger charge is 2.07. The number of hydrogen-bond donors (Lipinski definition) is 0. The maximum Gasteiger partial charge on any atom is 0.513 e. The molecule has 0 radical (unpaired) electrons. The number of ether oxygens (including phenoxy) is 1. The first kappa shape index (κ1) is 10.3. The Hall–Kier alpha value is -0.254. The van der Waals surface area contributed by atoms with Crippen molar-refractivity contribution >= 4 is 45.5 Å². The highest BCUT2D eigenvalue weighted by molar-refractivity contribution is 9.23. The lowest BCUT2D eigenvalue weighted by molar-refractivity contribution is 0.418. The van der Waals surface area contributed by atoms with Crippen molar-refractivity contribution in [1.29, 1.82) is 0 Å². The minimum Gasteiger partial charge on any atom is -0.499 e. The first-order valence-electron chi connectivity index (χ1n) is 4.47. The van der Waals surface area contributed by atoms with Gasteiger partial charge in [0, 0.05) is 0 Å². The van der Waals surface area contributed by atoms with Gasteiger partial charge in [-0.2, -0.15) is 0 Å². The standard InChI is InChI=1S/C11H9O.BrH.Mg/c1-12-11-7-6-9-4-2-3-5-10(9)8-11;;/h2-7H,1H3;1H;/q;;+1/p-1. The molecule has 0 heterocycles. The fourth-order valence-corrected chi connectivity index (χ4v) is 4.24. The summed E-state index contributed by atoms with van der Waals surface area (Å²) in [6.45, 7) is 0. The van der Waals surface area contributed by atoms with Crippen molar-refractivity contribution in [3.05, 3.63) is 36.4 Å². The molecule has 1 nitrogen and oxygen atoms in total. The topological polar surface area (TPSA) is 9.23 Å². The lowest BCUT2D eigenvalue weighted by atomic mass is 10.1. The molecule has 0 fully saturated rings. The minimum absolute atomic E-state index is 0.383. The Bertz CT molecular complexity index is 456. The van der Waals surface area contributed by atoms with Gasteiger partial charge in [0.25, 0.3) is 0 Å². The third-order valence-electron chi connectivity index (χ3n) is 2.35. The van der Waals surface area contributed by atoms with Gasteiger partial charge in [-0.3, -0.25) is 12.9 Å². The Kier molecular flexibility index (Phi) is 3.31. The van der Waals surface area contributed by atoms with E-state index in [0.29, 0.717) is 0 Å². The summed E-state index contributed by atoms with van der Waals surface area (Å²) in [5.41, 5.74) is 0. The molecule has 0 aliphatic carbocycles. The first-order chi connectivity index (χ1) is 6.86. The van der Waals surface area contributed by atoms with Crippen LogP contribution in [0.25, 0.3) is 10.8 Å². The van der Waals surface area contributed by atoms with Gasteiger partial charge in [0.1, 0.15) is 0 Å². The summed E-state index contributed by atoms with van der Waals surface area (Å²) >= 11 is 3.25. The van der Waals surface area contributed by atoms with Gasteiger partial charge in [0.2, 0.25) is 0 Å². The molecular weight excluding hydrogens is 252 g/mol. The van der Waals surface area contributed by atoms with Gasteiger partial charge in [-0.25, -0.2) is 0 Å². The van der Waals surface area contributed by atoms with Crippen LogP contribution in [-0.4, -0.2) is 25.3 Å². The molecule has 2 aromatic carbocycles. The molecule has 0 atom stereocenters. The van der Waals surface area contributed by atoms with E-state index in [9.17, 15) is 0 Å². The summed E-state index contributed by atoms with van der Waals surface area (Å²) in [6, 6.07) is 12.6. The van der Waals surface area contributed by atoms with E-state index in [0.717, 1.165) is 5.75 Å². The second kappa shape index (κ2) is 4.51. The van der Waals surface area contributed by atoms with Gasteiger partial charge in [-0.1, -0.05) is 30.3 Å². The third kappa shape index (κ3) is 1.76. The molecule has 2 aromatic rings.